The van der Waals surface area contributed by atoms with Crippen molar-refractivity contribution in [3.8, 4) is 0 Å². The summed E-state index contributed by atoms with van der Waals surface area (Å²) >= 11 is 1.75. The van der Waals surface area contributed by atoms with Crippen molar-refractivity contribution in [2.75, 3.05) is 31.1 Å². The molecule has 1 aliphatic carbocycles. The van der Waals surface area contributed by atoms with E-state index in [0.29, 0.717) is 19.6 Å². The lowest BCUT2D eigenvalue weighted by Gasteiger charge is -2.35. The van der Waals surface area contributed by atoms with E-state index >= 15 is 0 Å². The SMILES string of the molecule is C=NC[C@@H]1CN(c2nc3cc([C@@H]4CCCCN4C(=O)c4csc5c4CCCC5)nn3cc2C)C[C@@H]1O. The summed E-state index contributed by atoms with van der Waals surface area (Å²) in [6.07, 6.45) is 9.14. The molecule has 0 radical (unpaired) electrons. The Hall–Kier alpha value is -2.78. The second kappa shape index (κ2) is 9.59. The number of nitrogens with zero attached hydrogens (tertiary/aromatic N) is 6. The summed E-state index contributed by atoms with van der Waals surface area (Å²) in [5.41, 5.74) is 4.90. The lowest BCUT2D eigenvalue weighted by atomic mass is 9.93. The number of fused-ring (bicyclic) bond motifs is 2. The monoisotopic (exact) mass is 506 g/mol. The second-order valence-electron chi connectivity index (χ2n) is 10.5. The van der Waals surface area contributed by atoms with Crippen molar-refractivity contribution < 1.29 is 9.90 Å². The van der Waals surface area contributed by atoms with Crippen LogP contribution < -0.4 is 4.90 Å². The first-order valence-corrected chi connectivity index (χ1v) is 14.0. The summed E-state index contributed by atoms with van der Waals surface area (Å²) in [4.78, 5) is 28.3. The number of β-amino-alcohol motifs (C(OH)–C–C–N with tert-alkyl or cyclic N) is 1. The Labute approximate surface area is 215 Å². The molecule has 6 rings (SSSR count). The number of likely N-dealkylation sites (tertiary alicyclic amines) is 1. The molecule has 9 heteroatoms. The molecule has 0 saturated carbocycles. The van der Waals surface area contributed by atoms with Crippen LogP contribution in [0.1, 0.15) is 70.2 Å². The van der Waals surface area contributed by atoms with Crippen molar-refractivity contribution >= 4 is 35.4 Å². The average molecular weight is 507 g/mol. The number of aromatic nitrogens is 3. The van der Waals surface area contributed by atoms with Crippen LogP contribution in [0.25, 0.3) is 5.65 Å². The fourth-order valence-corrected chi connectivity index (χ4v) is 7.30. The van der Waals surface area contributed by atoms with E-state index in [1.165, 1.54) is 23.3 Å². The van der Waals surface area contributed by atoms with Crippen molar-refractivity contribution in [2.45, 2.75) is 64.0 Å². The molecule has 190 valence electrons. The normalized spacial score (nSPS) is 24.3. The summed E-state index contributed by atoms with van der Waals surface area (Å²) in [5.74, 6) is 1.11. The zero-order valence-electron chi connectivity index (χ0n) is 20.9. The standard InChI is InChI=1S/C27H34N6O2S/c1-17-13-33-25(29-26(17)31-14-18(12-28-2)23(34)15-31)11-21(30-33)22-8-5-6-10-32(22)27(35)20-16-36-24-9-4-3-7-19(20)24/h11,13,16,18,22-23,34H,2-10,12,14-15H2,1H3/t18-,22+,23+/m1/s1. The predicted octanol–water partition coefficient (Wildman–Crippen LogP) is 3.84. The summed E-state index contributed by atoms with van der Waals surface area (Å²) in [7, 11) is 0. The first-order chi connectivity index (χ1) is 17.5. The molecule has 0 aromatic carbocycles. The van der Waals surface area contributed by atoms with Gasteiger partial charge in [0, 0.05) is 60.2 Å². The Morgan fingerprint density at radius 3 is 2.97 bits per heavy atom. The molecule has 1 amide bonds. The van der Waals surface area contributed by atoms with Gasteiger partial charge in [-0.25, -0.2) is 9.50 Å². The number of thiophene rings is 1. The molecule has 3 aromatic rings. The quantitative estimate of drug-likeness (QED) is 0.532. The highest BCUT2D eigenvalue weighted by Crippen LogP contribution is 2.36. The molecule has 2 aliphatic heterocycles. The Morgan fingerprint density at radius 2 is 2.11 bits per heavy atom. The van der Waals surface area contributed by atoms with Crippen molar-refractivity contribution in [3.05, 3.63) is 44.9 Å². The molecular formula is C27H34N6O2S. The van der Waals surface area contributed by atoms with Gasteiger partial charge < -0.3 is 19.9 Å². The van der Waals surface area contributed by atoms with Crippen LogP contribution in [0.2, 0.25) is 0 Å². The molecule has 0 spiro atoms. The van der Waals surface area contributed by atoms with Crippen LogP contribution in [0.15, 0.2) is 22.6 Å². The van der Waals surface area contributed by atoms with E-state index in [-0.39, 0.29) is 17.9 Å². The number of carbonyl (C=O) groups excluding carboxylic acids is 1. The van der Waals surface area contributed by atoms with E-state index in [1.54, 1.807) is 11.3 Å². The summed E-state index contributed by atoms with van der Waals surface area (Å²) in [6.45, 7) is 8.19. The van der Waals surface area contributed by atoms with Gasteiger partial charge in [-0.3, -0.25) is 4.79 Å². The molecule has 2 fully saturated rings. The van der Waals surface area contributed by atoms with E-state index in [0.717, 1.165) is 66.9 Å². The number of carbonyl (C=O) groups is 1. The van der Waals surface area contributed by atoms with E-state index in [1.807, 2.05) is 23.7 Å². The van der Waals surface area contributed by atoms with Crippen molar-refractivity contribution in [1.82, 2.24) is 19.5 Å². The number of hydrogen-bond donors (Lipinski definition) is 1. The van der Waals surface area contributed by atoms with E-state index in [4.69, 9.17) is 10.1 Å². The lowest BCUT2D eigenvalue weighted by Crippen LogP contribution is -2.39. The Kier molecular flexibility index (Phi) is 6.29. The van der Waals surface area contributed by atoms with Crippen LogP contribution in [-0.4, -0.2) is 69.5 Å². The molecule has 36 heavy (non-hydrogen) atoms. The van der Waals surface area contributed by atoms with Gasteiger partial charge in [0.2, 0.25) is 0 Å². The minimum Gasteiger partial charge on any atom is -0.391 e. The number of aryl methyl sites for hydroxylation is 2. The number of aliphatic hydroxyl groups is 1. The molecule has 3 atom stereocenters. The Balaban J connectivity index is 1.29. The fourth-order valence-electron chi connectivity index (χ4n) is 6.18. The van der Waals surface area contributed by atoms with E-state index < -0.39 is 6.10 Å². The summed E-state index contributed by atoms with van der Waals surface area (Å²) in [6, 6.07) is 2.00. The van der Waals surface area contributed by atoms with Crippen LogP contribution in [0.3, 0.4) is 0 Å². The minimum atomic E-state index is -0.432. The number of amides is 1. The number of aliphatic imine (C=N–C) groups is 1. The minimum absolute atomic E-state index is 0.0347. The molecule has 1 N–H and O–H groups in total. The molecule has 3 aliphatic rings. The highest BCUT2D eigenvalue weighted by Gasteiger charge is 2.34. The maximum atomic E-state index is 13.8. The number of piperidine rings is 1. The first kappa shape index (κ1) is 23.6. The first-order valence-electron chi connectivity index (χ1n) is 13.2. The molecule has 5 heterocycles. The van der Waals surface area contributed by atoms with Crippen molar-refractivity contribution in [1.29, 1.82) is 0 Å². The second-order valence-corrected chi connectivity index (χ2v) is 11.5. The number of aliphatic hydroxyl groups excluding tert-OH is 1. The van der Waals surface area contributed by atoms with Gasteiger partial charge in [0.1, 0.15) is 5.82 Å². The highest BCUT2D eigenvalue weighted by molar-refractivity contribution is 7.10. The average Bonchev–Trinajstić information content (AvgIpc) is 3.60. The van der Waals surface area contributed by atoms with Gasteiger partial charge in [0.25, 0.3) is 5.91 Å². The van der Waals surface area contributed by atoms with Crippen LogP contribution in [0.4, 0.5) is 5.82 Å². The number of anilines is 1. The van der Waals surface area contributed by atoms with Crippen molar-refractivity contribution in [2.24, 2.45) is 10.9 Å². The Morgan fingerprint density at radius 1 is 1.25 bits per heavy atom. The predicted molar refractivity (Wildman–Crippen MR) is 142 cm³/mol. The molecule has 3 aromatic heterocycles. The van der Waals surface area contributed by atoms with Gasteiger partial charge in [-0.05, 0) is 64.2 Å². The largest absolute Gasteiger partial charge is 0.391 e. The van der Waals surface area contributed by atoms with E-state index in [2.05, 4.69) is 26.9 Å². The van der Waals surface area contributed by atoms with Crippen LogP contribution >= 0.6 is 11.3 Å². The van der Waals surface area contributed by atoms with Gasteiger partial charge in [-0.2, -0.15) is 5.10 Å². The third kappa shape index (κ3) is 4.12. The maximum Gasteiger partial charge on any atom is 0.255 e. The van der Waals surface area contributed by atoms with Crippen LogP contribution in [0.5, 0.6) is 0 Å². The maximum absolute atomic E-state index is 13.8. The molecular weight excluding hydrogens is 472 g/mol. The zero-order chi connectivity index (χ0) is 24.8. The van der Waals surface area contributed by atoms with Crippen LogP contribution in [-0.2, 0) is 12.8 Å². The highest BCUT2D eigenvalue weighted by atomic mass is 32.1. The third-order valence-electron chi connectivity index (χ3n) is 8.09. The summed E-state index contributed by atoms with van der Waals surface area (Å²) < 4.78 is 1.84. The number of hydrogen-bond acceptors (Lipinski definition) is 7. The van der Waals surface area contributed by atoms with Gasteiger partial charge in [-0.1, -0.05) is 0 Å². The Bertz CT molecular complexity index is 1300. The molecule has 0 unspecified atom stereocenters. The molecule has 0 bridgehead atoms. The van der Waals surface area contributed by atoms with Crippen molar-refractivity contribution in [3.63, 3.8) is 0 Å². The topological polar surface area (TPSA) is 86.3 Å². The van der Waals surface area contributed by atoms with Gasteiger partial charge in [0.15, 0.2) is 5.65 Å². The van der Waals surface area contributed by atoms with Gasteiger partial charge in [0.05, 0.1) is 23.4 Å². The third-order valence-corrected chi connectivity index (χ3v) is 9.18. The molecule has 2 saturated heterocycles. The van der Waals surface area contributed by atoms with E-state index in [9.17, 15) is 9.90 Å². The fraction of sp³-hybridized carbons (Fsp3) is 0.556. The van der Waals surface area contributed by atoms with Crippen LogP contribution in [0, 0.1) is 12.8 Å². The zero-order valence-corrected chi connectivity index (χ0v) is 21.7. The summed E-state index contributed by atoms with van der Waals surface area (Å²) in [5, 5.41) is 17.4. The molecule has 8 nitrogen and oxygen atoms in total. The smallest absolute Gasteiger partial charge is 0.255 e. The van der Waals surface area contributed by atoms with Gasteiger partial charge in [-0.15, -0.1) is 11.3 Å². The van der Waals surface area contributed by atoms with Gasteiger partial charge >= 0.3 is 0 Å². The lowest BCUT2D eigenvalue weighted by molar-refractivity contribution is 0.0605. The number of rotatable bonds is 5.